The molecule has 0 aromatic rings. The molecule has 0 aromatic heterocycles. The number of phosphoric ester groups is 1. The van der Waals surface area contributed by atoms with Crippen LogP contribution in [0.3, 0.4) is 0 Å². The topological polar surface area (TPSA) is 380 Å². The zero-order valence-corrected chi connectivity index (χ0v) is 75.3. The predicted octanol–water partition coefficient (Wildman–Crippen LogP) is 18.1. The summed E-state index contributed by atoms with van der Waals surface area (Å²) in [6, 6.07) is 0. The van der Waals surface area contributed by atoms with Gasteiger partial charge in [0, 0.05) is 25.7 Å². The van der Waals surface area contributed by atoms with Crippen molar-refractivity contribution in [1.29, 1.82) is 0 Å². The maximum absolute atomic E-state index is 14.9. The second-order valence-electron chi connectivity index (χ2n) is 34.2. The highest BCUT2D eigenvalue weighted by Crippen LogP contribution is 2.49. The first-order chi connectivity index (χ1) is 57.7. The standard InChI is InChI=1S/C93H171O25P/c1-5-9-13-17-21-25-29-33-37-41-45-49-53-57-61-65-76(95)109-70-73(112-78(97)67-63-59-55-51-47-43-39-35-31-27-23-19-15-11-7-3)71-111-119(107,108)118-91-89(116-92-86(105)82(101)80(99)74(69-94)113-92)85(104)84(103)88(115-79(98)68-64-60-56-52-48-44-40-36-32-28-24-20-16-12-8-4)90(91)117-93-87(106)83(102)81(100)75(114-93)72-110-77(96)66-62-58-54-50-46-42-38-34-30-26-22-18-14-10-6-2/h26,28,30,32,73-75,80-94,99-106H,5-25,27,29,31,33-72H2,1-4H3,(H,107,108)/b30-26-,32-28-. The summed E-state index contributed by atoms with van der Waals surface area (Å²) < 4.78 is 73.5. The quantitative estimate of drug-likeness (QED) is 0.00889. The first-order valence-electron chi connectivity index (χ1n) is 48.1. The number of rotatable bonds is 78. The molecule has 0 aromatic carbocycles. The summed E-state index contributed by atoms with van der Waals surface area (Å²) in [6.45, 7) is 5.60. The second-order valence-corrected chi connectivity index (χ2v) is 35.6. The molecular formula is C93H171O25P. The van der Waals surface area contributed by atoms with Gasteiger partial charge in [-0.25, -0.2) is 4.57 Å². The Labute approximate surface area is 717 Å². The van der Waals surface area contributed by atoms with E-state index in [1.165, 1.54) is 167 Å². The van der Waals surface area contributed by atoms with E-state index in [0.29, 0.717) is 32.1 Å². The average molecular weight is 1720 g/mol. The summed E-state index contributed by atoms with van der Waals surface area (Å²) in [4.78, 5) is 66.5. The average Bonchev–Trinajstić information content (AvgIpc) is 0.754. The summed E-state index contributed by atoms with van der Waals surface area (Å²) in [5.74, 6) is -2.96. The van der Waals surface area contributed by atoms with Crippen LogP contribution in [-0.2, 0) is 70.7 Å². The van der Waals surface area contributed by atoms with Crippen LogP contribution in [0, 0.1) is 0 Å². The molecule has 0 spiro atoms. The highest BCUT2D eigenvalue weighted by atomic mass is 31.2. The van der Waals surface area contributed by atoms with Gasteiger partial charge in [-0.05, 0) is 77.0 Å². The number of hydrogen-bond acceptors (Lipinski definition) is 24. The van der Waals surface area contributed by atoms with Crippen molar-refractivity contribution >= 4 is 31.7 Å². The van der Waals surface area contributed by atoms with Crippen molar-refractivity contribution in [2.45, 2.75) is 517 Å². The zero-order valence-electron chi connectivity index (χ0n) is 74.4. The van der Waals surface area contributed by atoms with Crippen LogP contribution >= 0.6 is 7.82 Å². The molecule has 0 radical (unpaired) electrons. The molecule has 1 saturated carbocycles. The molecule has 0 bridgehead atoms. The largest absolute Gasteiger partial charge is 0.472 e. The normalized spacial score (nSPS) is 24.9. The van der Waals surface area contributed by atoms with E-state index in [0.717, 1.165) is 161 Å². The summed E-state index contributed by atoms with van der Waals surface area (Å²) in [5.41, 5.74) is 0. The zero-order chi connectivity index (χ0) is 86.8. The lowest BCUT2D eigenvalue weighted by atomic mass is 9.84. The van der Waals surface area contributed by atoms with Gasteiger partial charge in [0.1, 0.15) is 92.6 Å². The molecule has 2 aliphatic heterocycles. The van der Waals surface area contributed by atoms with Gasteiger partial charge in [0.05, 0.1) is 13.2 Å². The number of carbonyl (C=O) groups is 4. The lowest BCUT2D eigenvalue weighted by Crippen LogP contribution is -2.70. The van der Waals surface area contributed by atoms with E-state index in [-0.39, 0.29) is 25.7 Å². The smallest absolute Gasteiger partial charge is 0.463 e. The molecule has 2 saturated heterocycles. The minimum atomic E-state index is -5.81. The summed E-state index contributed by atoms with van der Waals surface area (Å²) in [7, 11) is -5.81. The van der Waals surface area contributed by atoms with Gasteiger partial charge in [-0.15, -0.1) is 0 Å². The van der Waals surface area contributed by atoms with Gasteiger partial charge in [-0.2, -0.15) is 0 Å². The van der Waals surface area contributed by atoms with Gasteiger partial charge >= 0.3 is 31.7 Å². The van der Waals surface area contributed by atoms with Crippen LogP contribution in [0.4, 0.5) is 0 Å². The van der Waals surface area contributed by atoms with Crippen LogP contribution in [0.5, 0.6) is 0 Å². The summed E-state index contributed by atoms with van der Waals surface area (Å²) in [5, 5.41) is 102. The van der Waals surface area contributed by atoms with Crippen molar-refractivity contribution < 1.29 is 122 Å². The first kappa shape index (κ1) is 110. The molecule has 18 unspecified atom stereocenters. The van der Waals surface area contributed by atoms with E-state index in [1.807, 2.05) is 0 Å². The van der Waals surface area contributed by atoms with Crippen LogP contribution in [-0.4, -0.2) is 205 Å². The minimum absolute atomic E-state index is 0.00926. The molecule has 3 rings (SSSR count). The van der Waals surface area contributed by atoms with Gasteiger partial charge in [0.25, 0.3) is 0 Å². The van der Waals surface area contributed by atoms with Crippen LogP contribution < -0.4 is 0 Å². The Hall–Kier alpha value is -3.05. The Bertz CT molecular complexity index is 2570. The number of ether oxygens (including phenoxy) is 8. The number of phosphoric acid groups is 1. The van der Waals surface area contributed by atoms with E-state index < -0.39 is 162 Å². The third-order valence-electron chi connectivity index (χ3n) is 23.4. The molecule has 698 valence electrons. The fourth-order valence-corrected chi connectivity index (χ4v) is 16.7. The van der Waals surface area contributed by atoms with Gasteiger partial charge in [-0.3, -0.25) is 28.2 Å². The molecule has 2 heterocycles. The molecule has 25 nitrogen and oxygen atoms in total. The van der Waals surface area contributed by atoms with Gasteiger partial charge in [0.15, 0.2) is 24.8 Å². The Morgan fingerprint density at radius 2 is 0.630 bits per heavy atom. The molecule has 18 atom stereocenters. The number of unbranched alkanes of at least 4 members (excludes halogenated alkanes) is 50. The molecule has 10 N–H and O–H groups in total. The van der Waals surface area contributed by atoms with Crippen molar-refractivity contribution in [3.8, 4) is 0 Å². The molecule has 1 aliphatic carbocycles. The lowest BCUT2D eigenvalue weighted by Gasteiger charge is -2.50. The van der Waals surface area contributed by atoms with Gasteiger partial charge in [0.2, 0.25) is 0 Å². The van der Waals surface area contributed by atoms with Crippen LogP contribution in [0.25, 0.3) is 0 Å². The highest BCUT2D eigenvalue weighted by molar-refractivity contribution is 7.47. The van der Waals surface area contributed by atoms with E-state index in [9.17, 15) is 74.6 Å². The van der Waals surface area contributed by atoms with Gasteiger partial charge in [-0.1, -0.05) is 335 Å². The Kier molecular flexibility index (Phi) is 66.7. The number of carbonyl (C=O) groups excluding carboxylic acids is 4. The minimum Gasteiger partial charge on any atom is -0.463 e. The first-order valence-corrected chi connectivity index (χ1v) is 49.6. The van der Waals surface area contributed by atoms with E-state index in [1.54, 1.807) is 0 Å². The van der Waals surface area contributed by atoms with Crippen molar-refractivity contribution in [2.24, 2.45) is 0 Å². The highest BCUT2D eigenvalue weighted by Gasteiger charge is 2.60. The van der Waals surface area contributed by atoms with E-state index in [4.69, 9.17) is 46.9 Å². The van der Waals surface area contributed by atoms with Crippen LogP contribution in [0.1, 0.15) is 413 Å². The lowest BCUT2D eigenvalue weighted by molar-refractivity contribution is -0.360. The number of esters is 4. The SMILES string of the molecule is CCCCCC/C=C\CCCCCCCCCC(=O)OCC1OC(OC2C(OC(=O)CCCCCCCCC/C=C\CCCCCC)C(O)C(O)C(OC3OC(CO)C(O)C(O)C3O)C2OP(=O)(O)OCC(COC(=O)CCCCCCCCCCCCCCCCC)OC(=O)CCCCCCCCCCCCCCCCC)C(O)C(O)C1O. The van der Waals surface area contributed by atoms with Crippen molar-refractivity contribution in [3.63, 3.8) is 0 Å². The number of allylic oxidation sites excluding steroid dienone is 4. The number of aliphatic hydroxyl groups excluding tert-OH is 9. The molecule has 3 fully saturated rings. The van der Waals surface area contributed by atoms with Crippen molar-refractivity contribution in [3.05, 3.63) is 24.3 Å². The van der Waals surface area contributed by atoms with E-state index in [2.05, 4.69) is 52.0 Å². The third-order valence-corrected chi connectivity index (χ3v) is 24.4. The number of hydrogen-bond donors (Lipinski definition) is 10. The molecule has 26 heteroatoms. The predicted molar refractivity (Wildman–Crippen MR) is 463 cm³/mol. The Balaban J connectivity index is 1.91. The monoisotopic (exact) mass is 1720 g/mol. The molecule has 119 heavy (non-hydrogen) atoms. The summed E-state index contributed by atoms with van der Waals surface area (Å²) >= 11 is 0. The van der Waals surface area contributed by atoms with Gasteiger partial charge < -0.3 is 88.7 Å². The maximum atomic E-state index is 14.9. The summed E-state index contributed by atoms with van der Waals surface area (Å²) in [6.07, 6.45) is 32.9. The van der Waals surface area contributed by atoms with Crippen LogP contribution in [0.2, 0.25) is 0 Å². The Morgan fingerprint density at radius 1 is 0.328 bits per heavy atom. The van der Waals surface area contributed by atoms with E-state index >= 15 is 0 Å². The fourth-order valence-electron chi connectivity index (χ4n) is 15.8. The number of aliphatic hydroxyl groups is 9. The van der Waals surface area contributed by atoms with Crippen molar-refractivity contribution in [1.82, 2.24) is 0 Å². The fraction of sp³-hybridized carbons (Fsp3) is 0.914. The molecular weight excluding hydrogens is 1550 g/mol. The Morgan fingerprint density at radius 3 is 1.01 bits per heavy atom. The maximum Gasteiger partial charge on any atom is 0.472 e. The second kappa shape index (κ2) is 72.0. The third kappa shape index (κ3) is 52.0. The molecule has 0 amide bonds. The molecule has 3 aliphatic rings. The van der Waals surface area contributed by atoms with Crippen molar-refractivity contribution in [2.75, 3.05) is 26.4 Å². The van der Waals surface area contributed by atoms with Crippen LogP contribution in [0.15, 0.2) is 24.3 Å².